The summed E-state index contributed by atoms with van der Waals surface area (Å²) < 4.78 is 64.3. The Kier molecular flexibility index (Phi) is 3.71. The molecular formula is C8H7F5N2O2. The number of alkyl halides is 5. The molecule has 4 nitrogen and oxygen atoms in total. The van der Waals surface area contributed by atoms with E-state index in [2.05, 4.69) is 4.74 Å². The van der Waals surface area contributed by atoms with Crippen molar-refractivity contribution in [3.63, 3.8) is 0 Å². The Balaban J connectivity index is 3.36. The lowest BCUT2D eigenvalue weighted by atomic mass is 10.2. The molecule has 0 bridgehead atoms. The molecule has 0 atom stereocenters. The molecular weight excluding hydrogens is 251 g/mol. The molecule has 3 N–H and O–H groups in total. The molecule has 0 saturated heterocycles. The van der Waals surface area contributed by atoms with Gasteiger partial charge in [-0.05, 0) is 0 Å². The molecule has 0 amide bonds. The molecule has 96 valence electrons. The van der Waals surface area contributed by atoms with Crippen LogP contribution in [0.4, 0.5) is 22.0 Å². The molecule has 0 spiro atoms. The standard InChI is InChI=1S/C8H7F5N2O2/c9-7(10)6-3(2-14)15-5(16)1-4(6)17-8(11,12)13/h1,7H,2,14H2,(H,15,16). The van der Waals surface area contributed by atoms with Crippen LogP contribution in [0.15, 0.2) is 10.9 Å². The van der Waals surface area contributed by atoms with Gasteiger partial charge in [-0.3, -0.25) is 4.79 Å². The number of nitrogens with one attached hydrogen (secondary N) is 1. The van der Waals surface area contributed by atoms with Gasteiger partial charge >= 0.3 is 6.36 Å². The predicted octanol–water partition coefficient (Wildman–Crippen LogP) is 1.67. The van der Waals surface area contributed by atoms with Crippen LogP contribution in [0.1, 0.15) is 17.7 Å². The van der Waals surface area contributed by atoms with Crippen molar-refractivity contribution in [3.05, 3.63) is 27.7 Å². The fourth-order valence-corrected chi connectivity index (χ4v) is 1.21. The van der Waals surface area contributed by atoms with E-state index in [4.69, 9.17) is 5.73 Å². The maximum absolute atomic E-state index is 12.6. The molecule has 0 aliphatic carbocycles. The lowest BCUT2D eigenvalue weighted by Gasteiger charge is -2.14. The summed E-state index contributed by atoms with van der Waals surface area (Å²) in [5, 5.41) is 0. The van der Waals surface area contributed by atoms with E-state index in [1.165, 1.54) is 0 Å². The lowest BCUT2D eigenvalue weighted by Crippen LogP contribution is -2.22. The summed E-state index contributed by atoms with van der Waals surface area (Å²) in [5.41, 5.74) is 2.49. The minimum atomic E-state index is -5.16. The highest BCUT2D eigenvalue weighted by Gasteiger charge is 2.34. The van der Waals surface area contributed by atoms with Crippen LogP contribution in [0.3, 0.4) is 0 Å². The van der Waals surface area contributed by atoms with Gasteiger partial charge in [0.05, 0.1) is 5.56 Å². The predicted molar refractivity (Wildman–Crippen MR) is 46.6 cm³/mol. The van der Waals surface area contributed by atoms with Crippen LogP contribution in [-0.2, 0) is 6.54 Å². The molecule has 17 heavy (non-hydrogen) atoms. The van der Waals surface area contributed by atoms with Crippen LogP contribution >= 0.6 is 0 Å². The maximum Gasteiger partial charge on any atom is 0.573 e. The summed E-state index contributed by atoms with van der Waals surface area (Å²) in [5.74, 6) is -1.24. The van der Waals surface area contributed by atoms with Crippen molar-refractivity contribution in [2.75, 3.05) is 0 Å². The Morgan fingerprint density at radius 2 is 2.00 bits per heavy atom. The summed E-state index contributed by atoms with van der Waals surface area (Å²) in [7, 11) is 0. The normalized spacial score (nSPS) is 11.9. The first-order chi connectivity index (χ1) is 7.74. The molecule has 1 rings (SSSR count). The SMILES string of the molecule is NCc1[nH]c(=O)cc(OC(F)(F)F)c1C(F)F. The molecule has 0 unspecified atom stereocenters. The van der Waals surface area contributed by atoms with Crippen molar-refractivity contribution in [3.8, 4) is 5.75 Å². The summed E-state index contributed by atoms with van der Waals surface area (Å²) in [6.07, 6.45) is -8.41. The van der Waals surface area contributed by atoms with Crippen molar-refractivity contribution in [2.45, 2.75) is 19.3 Å². The van der Waals surface area contributed by atoms with Gasteiger partial charge < -0.3 is 15.5 Å². The highest BCUT2D eigenvalue weighted by atomic mass is 19.4. The third-order valence-corrected chi connectivity index (χ3v) is 1.77. The lowest BCUT2D eigenvalue weighted by molar-refractivity contribution is -0.275. The number of aromatic amines is 1. The number of hydrogen-bond donors (Lipinski definition) is 2. The van der Waals surface area contributed by atoms with Crippen molar-refractivity contribution < 1.29 is 26.7 Å². The van der Waals surface area contributed by atoms with E-state index in [9.17, 15) is 26.7 Å². The molecule has 0 aliphatic rings. The number of H-pyrrole nitrogens is 1. The zero-order valence-corrected chi connectivity index (χ0v) is 8.15. The quantitative estimate of drug-likeness (QED) is 0.810. The number of ether oxygens (including phenoxy) is 1. The van der Waals surface area contributed by atoms with Crippen LogP contribution in [0.25, 0.3) is 0 Å². The van der Waals surface area contributed by atoms with Gasteiger partial charge in [0.15, 0.2) is 0 Å². The van der Waals surface area contributed by atoms with Gasteiger partial charge in [-0.15, -0.1) is 13.2 Å². The monoisotopic (exact) mass is 258 g/mol. The Hall–Kier alpha value is -1.64. The molecule has 0 fully saturated rings. The van der Waals surface area contributed by atoms with Gasteiger partial charge in [-0.2, -0.15) is 0 Å². The molecule has 1 aromatic heterocycles. The highest BCUT2D eigenvalue weighted by molar-refractivity contribution is 5.37. The fourth-order valence-electron chi connectivity index (χ4n) is 1.21. The first-order valence-corrected chi connectivity index (χ1v) is 4.24. The second kappa shape index (κ2) is 4.70. The zero-order valence-electron chi connectivity index (χ0n) is 8.15. The van der Waals surface area contributed by atoms with E-state index in [0.29, 0.717) is 6.07 Å². The molecule has 0 saturated carbocycles. The van der Waals surface area contributed by atoms with Crippen LogP contribution < -0.4 is 16.0 Å². The van der Waals surface area contributed by atoms with Crippen LogP contribution in [0.2, 0.25) is 0 Å². The number of aromatic nitrogens is 1. The fraction of sp³-hybridized carbons (Fsp3) is 0.375. The Morgan fingerprint density at radius 1 is 1.41 bits per heavy atom. The minimum Gasteiger partial charge on any atom is -0.405 e. The van der Waals surface area contributed by atoms with Gasteiger partial charge in [0.1, 0.15) is 5.75 Å². The van der Waals surface area contributed by atoms with Gasteiger partial charge in [0.2, 0.25) is 0 Å². The first kappa shape index (κ1) is 13.4. The van der Waals surface area contributed by atoms with Gasteiger partial charge in [-0.1, -0.05) is 0 Å². The number of rotatable bonds is 3. The van der Waals surface area contributed by atoms with E-state index in [0.717, 1.165) is 0 Å². The van der Waals surface area contributed by atoms with Crippen molar-refractivity contribution in [2.24, 2.45) is 5.73 Å². The van der Waals surface area contributed by atoms with Gasteiger partial charge in [0.25, 0.3) is 12.0 Å². The summed E-state index contributed by atoms with van der Waals surface area (Å²) >= 11 is 0. The van der Waals surface area contributed by atoms with Crippen molar-refractivity contribution >= 4 is 0 Å². The van der Waals surface area contributed by atoms with Crippen molar-refractivity contribution in [1.82, 2.24) is 4.98 Å². The smallest absolute Gasteiger partial charge is 0.405 e. The third kappa shape index (κ3) is 3.41. The molecule has 1 heterocycles. The number of nitrogens with two attached hydrogens (primary N) is 1. The minimum absolute atomic E-state index is 0.300. The van der Waals surface area contributed by atoms with Crippen LogP contribution in [-0.4, -0.2) is 11.3 Å². The van der Waals surface area contributed by atoms with E-state index < -0.39 is 41.9 Å². The van der Waals surface area contributed by atoms with E-state index in [1.807, 2.05) is 4.98 Å². The second-order valence-electron chi connectivity index (χ2n) is 2.94. The van der Waals surface area contributed by atoms with E-state index in [-0.39, 0.29) is 0 Å². The van der Waals surface area contributed by atoms with E-state index >= 15 is 0 Å². The molecule has 0 radical (unpaired) electrons. The Labute approximate surface area is 91.2 Å². The van der Waals surface area contributed by atoms with Crippen LogP contribution in [0.5, 0.6) is 5.75 Å². The highest BCUT2D eigenvalue weighted by Crippen LogP contribution is 2.33. The summed E-state index contributed by atoms with van der Waals surface area (Å²) in [6.45, 7) is -0.538. The first-order valence-electron chi connectivity index (χ1n) is 4.24. The summed E-state index contributed by atoms with van der Waals surface area (Å²) in [4.78, 5) is 12.9. The number of pyridine rings is 1. The second-order valence-corrected chi connectivity index (χ2v) is 2.94. The Morgan fingerprint density at radius 3 is 2.41 bits per heavy atom. The molecule has 0 aliphatic heterocycles. The number of hydrogen-bond acceptors (Lipinski definition) is 3. The van der Waals surface area contributed by atoms with Crippen molar-refractivity contribution in [1.29, 1.82) is 0 Å². The largest absolute Gasteiger partial charge is 0.573 e. The third-order valence-electron chi connectivity index (χ3n) is 1.77. The number of halogens is 5. The zero-order chi connectivity index (χ0) is 13.2. The van der Waals surface area contributed by atoms with E-state index in [1.54, 1.807) is 0 Å². The molecule has 9 heteroatoms. The van der Waals surface area contributed by atoms with Crippen LogP contribution in [0, 0.1) is 0 Å². The average molecular weight is 258 g/mol. The molecule has 0 aromatic carbocycles. The maximum atomic E-state index is 12.6. The van der Waals surface area contributed by atoms with Gasteiger partial charge in [-0.25, -0.2) is 8.78 Å². The topological polar surface area (TPSA) is 68.1 Å². The van der Waals surface area contributed by atoms with Gasteiger partial charge in [0, 0.05) is 18.3 Å². The molecule has 1 aromatic rings. The average Bonchev–Trinajstić information content (AvgIpc) is 2.12. The summed E-state index contributed by atoms with van der Waals surface area (Å²) in [6, 6.07) is 0.300. The Bertz CT molecular complexity index is 454.